The van der Waals surface area contributed by atoms with E-state index in [0.29, 0.717) is 11.5 Å². The number of fused-ring (bicyclic) bond motifs is 1. The zero-order valence-corrected chi connectivity index (χ0v) is 25.4. The molecule has 0 heterocycles. The van der Waals surface area contributed by atoms with Crippen molar-refractivity contribution in [2.45, 2.75) is 40.6 Å². The normalized spacial score (nSPS) is 20.4. The Morgan fingerprint density at radius 2 is 1.42 bits per heavy atom. The van der Waals surface area contributed by atoms with E-state index in [9.17, 15) is 13.2 Å². The van der Waals surface area contributed by atoms with Crippen molar-refractivity contribution in [3.63, 3.8) is 0 Å². The third kappa shape index (κ3) is 4.22. The molecule has 0 saturated carbocycles. The molecule has 0 saturated heterocycles. The number of rotatable bonds is 3. The fourth-order valence-electron chi connectivity index (χ4n) is 5.98. The molecule has 0 aromatic heterocycles. The van der Waals surface area contributed by atoms with E-state index in [-0.39, 0.29) is 34.0 Å². The topological polar surface area (TPSA) is 0 Å². The molecule has 2 unspecified atom stereocenters. The first-order chi connectivity index (χ1) is 14.3. The van der Waals surface area contributed by atoms with Crippen molar-refractivity contribution in [2.24, 2.45) is 5.92 Å². The Bertz CT molecular complexity index is 1300. The van der Waals surface area contributed by atoms with Crippen LogP contribution in [0.25, 0.3) is 5.57 Å². The average molecular weight is 591 g/mol. The Labute approximate surface area is 209 Å². The summed E-state index contributed by atoms with van der Waals surface area (Å²) in [6, 6.07) is 9.73. The van der Waals surface area contributed by atoms with Gasteiger partial charge in [-0.25, -0.2) is 0 Å². The second kappa shape index (κ2) is 9.30. The smallest absolute Gasteiger partial charge is 0.147 e. The first-order valence-corrected chi connectivity index (χ1v) is 24.2. The van der Waals surface area contributed by atoms with Gasteiger partial charge in [0.25, 0.3) is 0 Å². The molecule has 0 aliphatic heterocycles. The van der Waals surface area contributed by atoms with E-state index >= 15 is 0 Å². The first kappa shape index (κ1) is 28.4. The van der Waals surface area contributed by atoms with E-state index in [1.54, 1.807) is 3.28 Å². The maximum Gasteiger partial charge on any atom is -0.147 e. The maximum absolute atomic E-state index is 14.8. The molecule has 178 valence electrons. The van der Waals surface area contributed by atoms with Gasteiger partial charge in [-0.1, -0.05) is 0 Å². The van der Waals surface area contributed by atoms with Crippen molar-refractivity contribution in [1.29, 1.82) is 0 Å². The monoisotopic (exact) mass is 588 g/mol. The van der Waals surface area contributed by atoms with Crippen molar-refractivity contribution in [3.8, 4) is 0 Å². The summed E-state index contributed by atoms with van der Waals surface area (Å²) in [4.78, 5) is 0. The van der Waals surface area contributed by atoms with E-state index in [1.807, 2.05) is 24.3 Å². The molecule has 2 aliphatic rings. The Morgan fingerprint density at radius 1 is 0.848 bits per heavy atom. The summed E-state index contributed by atoms with van der Waals surface area (Å²) in [5, 5.41) is 0. The van der Waals surface area contributed by atoms with E-state index in [2.05, 4.69) is 49.9 Å². The van der Waals surface area contributed by atoms with Crippen LogP contribution in [0.15, 0.2) is 62.5 Å². The average Bonchev–Trinajstić information content (AvgIpc) is 3.18. The summed E-state index contributed by atoms with van der Waals surface area (Å²) in [5.74, 6) is -2.47. The number of benzene rings is 2. The summed E-state index contributed by atoms with van der Waals surface area (Å²) >= 11 is -3.69. The molecule has 0 spiro atoms. The fraction of sp³-hybridized carbons (Fsp3) is 0.308. The molecule has 4 rings (SSSR count). The van der Waals surface area contributed by atoms with E-state index in [1.165, 1.54) is 16.7 Å². The van der Waals surface area contributed by atoms with Gasteiger partial charge in [-0.2, -0.15) is 0 Å². The van der Waals surface area contributed by atoms with Gasteiger partial charge in [0.2, 0.25) is 0 Å². The van der Waals surface area contributed by atoms with Crippen molar-refractivity contribution in [3.05, 3.63) is 96.6 Å². The maximum atomic E-state index is 14.8. The molecule has 0 amide bonds. The van der Waals surface area contributed by atoms with Gasteiger partial charge < -0.3 is 0 Å². The van der Waals surface area contributed by atoms with Gasteiger partial charge >= 0.3 is 186 Å². The number of halogens is 5. The molecular formula is C26H31Cl2F3SiZr. The van der Waals surface area contributed by atoms with Gasteiger partial charge in [-0.3, -0.25) is 0 Å². The van der Waals surface area contributed by atoms with Crippen LogP contribution in [-0.4, -0.2) is 6.88 Å². The van der Waals surface area contributed by atoms with Crippen LogP contribution in [0.1, 0.15) is 48.0 Å². The van der Waals surface area contributed by atoms with Crippen LogP contribution in [0.4, 0.5) is 13.2 Å². The number of hydrogen-bond acceptors (Lipinski definition) is 0. The Morgan fingerprint density at radius 3 is 2.00 bits per heavy atom. The van der Waals surface area contributed by atoms with Crippen LogP contribution >= 0.6 is 24.8 Å². The molecule has 2 aromatic carbocycles. The van der Waals surface area contributed by atoms with Crippen LogP contribution in [-0.2, 0) is 17.4 Å². The minimum absolute atomic E-state index is 0. The largest absolute Gasteiger partial charge is 0.147 e. The SMILES string of the molecule is CC1=C(C)C(C)[C]([Zr]([CH3])([CH3])(=[SiH2])[CH]2C=C(c3c(F)ccc(F)c3F)c3ccccc32)=C1C.Cl.Cl. The standard InChI is InChI=1S/C15H8F3.C9H13.2CH3.2ClH.H2Si.Zr/c16-12-7-8-13(17)15(18)14(12)11-6-5-9-3-1-2-4-10(9)11;1-6-5-7(2)9(4)8(6)3;;;;;;/h1-8H;6H,1-4H3;2*1H3;2*1H;1H2;. The van der Waals surface area contributed by atoms with Crippen molar-refractivity contribution < 1.29 is 30.6 Å². The van der Waals surface area contributed by atoms with E-state index in [4.69, 9.17) is 0 Å². The van der Waals surface area contributed by atoms with Gasteiger partial charge in [0.15, 0.2) is 0 Å². The van der Waals surface area contributed by atoms with Crippen LogP contribution in [0.3, 0.4) is 0 Å². The fourth-order valence-corrected chi connectivity index (χ4v) is 24.5. The van der Waals surface area contributed by atoms with Crippen LogP contribution in [0.2, 0.25) is 9.26 Å². The minimum Gasteiger partial charge on any atom is -0.147 e. The van der Waals surface area contributed by atoms with Gasteiger partial charge in [-0.05, 0) is 0 Å². The summed E-state index contributed by atoms with van der Waals surface area (Å²) in [5.41, 5.74) is 6.34. The Kier molecular flexibility index (Phi) is 7.99. The quantitative estimate of drug-likeness (QED) is 0.251. The zero-order chi connectivity index (χ0) is 22.9. The molecule has 2 aromatic rings. The second-order valence-corrected chi connectivity index (χ2v) is 39.8. The number of hydrogen-bond donors (Lipinski definition) is 0. The van der Waals surface area contributed by atoms with Crippen LogP contribution in [0.5, 0.6) is 0 Å². The van der Waals surface area contributed by atoms with Gasteiger partial charge in [0, 0.05) is 0 Å². The summed E-state index contributed by atoms with van der Waals surface area (Å²) in [7, 11) is 0. The number of allylic oxidation sites excluding steroid dienone is 5. The van der Waals surface area contributed by atoms with Crippen molar-refractivity contribution in [1.82, 2.24) is 0 Å². The van der Waals surface area contributed by atoms with Crippen molar-refractivity contribution in [2.75, 3.05) is 0 Å². The third-order valence-electron chi connectivity index (χ3n) is 7.76. The summed E-state index contributed by atoms with van der Waals surface area (Å²) in [6.07, 6.45) is 2.04. The molecule has 0 nitrogen and oxygen atoms in total. The molecule has 0 N–H and O–H groups in total. The van der Waals surface area contributed by atoms with Gasteiger partial charge in [0.1, 0.15) is 0 Å². The molecule has 7 heteroatoms. The van der Waals surface area contributed by atoms with Crippen molar-refractivity contribution >= 4 is 37.3 Å². The first-order valence-electron chi connectivity index (χ1n) is 10.8. The second-order valence-electron chi connectivity index (χ2n) is 10.2. The molecular weight excluding hydrogens is 559 g/mol. The van der Waals surface area contributed by atoms with Crippen LogP contribution < -0.4 is 0 Å². The molecule has 2 aliphatic carbocycles. The Balaban J connectivity index is 0.00000193. The van der Waals surface area contributed by atoms with Gasteiger partial charge in [0.05, 0.1) is 0 Å². The van der Waals surface area contributed by atoms with E-state index < -0.39 is 34.9 Å². The Hall–Kier alpha value is -0.870. The van der Waals surface area contributed by atoms with Crippen LogP contribution in [0, 0.1) is 23.4 Å². The predicted octanol–water partition coefficient (Wildman–Crippen LogP) is 8.03. The summed E-state index contributed by atoms with van der Waals surface area (Å²) in [6.45, 7) is 11.1. The summed E-state index contributed by atoms with van der Waals surface area (Å²) < 4.78 is 50.2. The zero-order valence-electron chi connectivity index (χ0n) is 19.9. The minimum atomic E-state index is -3.69. The molecule has 0 radical (unpaired) electrons. The molecule has 0 bridgehead atoms. The predicted molar refractivity (Wildman–Crippen MR) is 138 cm³/mol. The molecule has 2 atom stereocenters. The molecule has 0 fully saturated rings. The van der Waals surface area contributed by atoms with Gasteiger partial charge in [-0.15, -0.1) is 24.8 Å². The van der Waals surface area contributed by atoms with E-state index in [0.717, 1.165) is 23.3 Å². The third-order valence-corrected chi connectivity index (χ3v) is 25.0. The molecule has 33 heavy (non-hydrogen) atoms.